The maximum atomic E-state index is 15.3. The highest BCUT2D eigenvalue weighted by molar-refractivity contribution is 7.84. The van der Waals surface area contributed by atoms with Gasteiger partial charge in [-0.05, 0) is 143 Å². The van der Waals surface area contributed by atoms with Crippen molar-refractivity contribution in [1.82, 2.24) is 4.72 Å². The van der Waals surface area contributed by atoms with E-state index in [0.717, 1.165) is 43.5 Å². The fourth-order valence-electron chi connectivity index (χ4n) is 7.42. The zero-order chi connectivity index (χ0) is 57.0. The van der Waals surface area contributed by atoms with Crippen molar-refractivity contribution in [1.29, 1.82) is 0 Å². The Morgan fingerprint density at radius 2 is 0.934 bits per heavy atom. The van der Waals surface area contributed by atoms with Gasteiger partial charge in [-0.1, -0.05) is 72.8 Å². The first-order valence-electron chi connectivity index (χ1n) is 23.2. The molecule has 21 heteroatoms. The van der Waals surface area contributed by atoms with Crippen LogP contribution in [-0.4, -0.2) is 58.4 Å². The molecule has 0 saturated heterocycles. The Bertz CT molecular complexity index is 2840. The number of hydrogen-bond acceptors (Lipinski definition) is 7. The molecule has 0 saturated carbocycles. The van der Waals surface area contributed by atoms with Crippen LogP contribution < -0.4 is 29.4 Å². The molecule has 3 atom stereocenters. The molecule has 0 aliphatic heterocycles. The van der Waals surface area contributed by atoms with Crippen molar-refractivity contribution in [2.24, 2.45) is 5.73 Å². The molecule has 6 aromatic rings. The lowest BCUT2D eigenvalue weighted by molar-refractivity contribution is -0.253. The Balaban J connectivity index is 0.000000322. The van der Waals surface area contributed by atoms with Crippen LogP contribution in [0, 0.1) is 23.3 Å². The van der Waals surface area contributed by atoms with E-state index in [-0.39, 0.29) is 58.8 Å². The van der Waals surface area contributed by atoms with E-state index in [9.17, 15) is 52.5 Å². The number of ether oxygens (including phenoxy) is 4. The fraction of sp³-hybridized carbons (Fsp3) is 0.345. The number of nitrogens with two attached hydrogens (primary N) is 1. The third kappa shape index (κ3) is 16.6. The molecule has 0 bridgehead atoms. The van der Waals surface area contributed by atoms with E-state index < -0.39 is 86.6 Å². The third-order valence-electron chi connectivity index (χ3n) is 10.8. The van der Waals surface area contributed by atoms with Crippen molar-refractivity contribution in [2.75, 3.05) is 7.11 Å². The molecule has 6 aromatic carbocycles. The first-order chi connectivity index (χ1) is 35.4. The summed E-state index contributed by atoms with van der Waals surface area (Å²) in [5.41, 5.74) is 4.80. The standard InChI is InChI=1S/C29H31F6NO3S.C25H23F6NO2.CH4O/c1-18(2)38-25-12-11-20(15-24(25)31)28(36-40(37)27(3,4)5,17-19-9-7-6-8-10-19)21-13-22(30)16-23(14-21)39-29(34,35)26(32)33;1-15(2)33-22-9-8-17(12-21(22)27)24(32,14-16-6-4-3-5-7-16)18-10-19(26)13-20(11-18)34-25(30,31)23(28)29;1-2/h6-16,18,26,36H,17H2,1-5H3;3-13,15,23H,14,32H2,1-2H3;2H,1H3/t28-,40-;24-;/m11./s1. The van der Waals surface area contributed by atoms with Crippen molar-refractivity contribution in [2.45, 2.75) is 114 Å². The van der Waals surface area contributed by atoms with Gasteiger partial charge in [0, 0.05) is 19.2 Å². The topological polar surface area (TPSA) is 112 Å². The average molecular weight is 1100 g/mol. The van der Waals surface area contributed by atoms with Crippen molar-refractivity contribution in [3.63, 3.8) is 0 Å². The number of aliphatic hydroxyl groups is 1. The molecule has 0 aliphatic rings. The maximum Gasteiger partial charge on any atom is 0.461 e. The number of alkyl halides is 8. The zero-order valence-corrected chi connectivity index (χ0v) is 43.3. The minimum absolute atomic E-state index is 0.00575. The molecule has 414 valence electrons. The van der Waals surface area contributed by atoms with Gasteiger partial charge in [-0.2, -0.15) is 35.1 Å². The van der Waals surface area contributed by atoms with Crippen LogP contribution in [0.2, 0.25) is 0 Å². The highest BCUT2D eigenvalue weighted by Gasteiger charge is 2.46. The van der Waals surface area contributed by atoms with E-state index in [1.165, 1.54) is 24.3 Å². The lowest BCUT2D eigenvalue weighted by Gasteiger charge is -2.38. The van der Waals surface area contributed by atoms with Crippen molar-refractivity contribution < 1.29 is 80.9 Å². The molecule has 4 N–H and O–H groups in total. The molecule has 76 heavy (non-hydrogen) atoms. The summed E-state index contributed by atoms with van der Waals surface area (Å²) in [6.45, 7) is 11.9. The fourth-order valence-corrected chi connectivity index (χ4v) is 8.35. The highest BCUT2D eigenvalue weighted by Crippen LogP contribution is 2.41. The van der Waals surface area contributed by atoms with E-state index in [4.69, 9.17) is 20.3 Å². The molecule has 0 amide bonds. The minimum atomic E-state index is -4.91. The predicted molar refractivity (Wildman–Crippen MR) is 265 cm³/mol. The Hall–Kier alpha value is -6.29. The number of rotatable bonds is 20. The summed E-state index contributed by atoms with van der Waals surface area (Å²) in [6, 6.07) is 30.2. The second kappa shape index (κ2) is 26.2. The average Bonchev–Trinajstić information content (AvgIpc) is 3.32. The van der Waals surface area contributed by atoms with Crippen LogP contribution in [-0.2, 0) is 34.9 Å². The van der Waals surface area contributed by atoms with E-state index in [2.05, 4.69) is 14.2 Å². The van der Waals surface area contributed by atoms with Crippen molar-refractivity contribution in [3.05, 3.63) is 190 Å². The SMILES string of the molecule is CC(C)Oc1ccc([C@@](Cc2ccccc2)(N[S@](=O)C(C)(C)C)c2cc(F)cc(OC(F)(F)C(F)F)c2)cc1F.CC(C)Oc1ccc([C@](N)(Cc2ccccc2)c2cc(F)cc(OC(F)(F)C(F)F)c2)cc1F.CO. The van der Waals surface area contributed by atoms with E-state index in [1.54, 1.807) is 109 Å². The van der Waals surface area contributed by atoms with Gasteiger partial charge in [-0.3, -0.25) is 0 Å². The minimum Gasteiger partial charge on any atom is -0.488 e. The van der Waals surface area contributed by atoms with E-state index in [0.29, 0.717) is 23.3 Å². The van der Waals surface area contributed by atoms with Crippen LogP contribution >= 0.6 is 0 Å². The molecule has 8 nitrogen and oxygen atoms in total. The van der Waals surface area contributed by atoms with Gasteiger partial charge in [0.25, 0.3) is 0 Å². The van der Waals surface area contributed by atoms with Crippen LogP contribution in [0.4, 0.5) is 52.7 Å². The normalized spacial score (nSPS) is 14.0. The van der Waals surface area contributed by atoms with Crippen LogP contribution in [0.5, 0.6) is 23.0 Å². The van der Waals surface area contributed by atoms with E-state index >= 15 is 4.39 Å². The Morgan fingerprint density at radius 3 is 1.34 bits per heavy atom. The van der Waals surface area contributed by atoms with Gasteiger partial charge >= 0.3 is 25.1 Å². The second-order valence-electron chi connectivity index (χ2n) is 18.6. The van der Waals surface area contributed by atoms with Gasteiger partial charge in [-0.25, -0.2) is 26.5 Å². The highest BCUT2D eigenvalue weighted by atomic mass is 32.2. The number of nitrogens with one attached hydrogen (secondary N) is 1. The Labute approximate surface area is 435 Å². The lowest BCUT2D eigenvalue weighted by atomic mass is 9.78. The van der Waals surface area contributed by atoms with Crippen LogP contribution in [0.25, 0.3) is 0 Å². The van der Waals surface area contributed by atoms with Crippen molar-refractivity contribution >= 4 is 11.0 Å². The summed E-state index contributed by atoms with van der Waals surface area (Å²) in [7, 11) is -0.877. The van der Waals surface area contributed by atoms with Gasteiger partial charge in [0.05, 0.1) is 39.0 Å². The van der Waals surface area contributed by atoms with Gasteiger partial charge in [-0.15, -0.1) is 0 Å². The molecule has 0 unspecified atom stereocenters. The smallest absolute Gasteiger partial charge is 0.461 e. The van der Waals surface area contributed by atoms with Gasteiger partial charge < -0.3 is 29.8 Å². The Kier molecular flexibility index (Phi) is 21.4. The third-order valence-corrected chi connectivity index (χ3v) is 12.5. The summed E-state index contributed by atoms with van der Waals surface area (Å²) in [4.78, 5) is 0. The number of halogens is 12. The second-order valence-corrected chi connectivity index (χ2v) is 20.6. The molecular formula is C55H58F12N2O6S. The molecule has 0 radical (unpaired) electrons. The first kappa shape index (κ1) is 62.3. The van der Waals surface area contributed by atoms with Crippen LogP contribution in [0.3, 0.4) is 0 Å². The molecule has 0 aliphatic carbocycles. The summed E-state index contributed by atoms with van der Waals surface area (Å²) >= 11 is 0. The van der Waals surface area contributed by atoms with Gasteiger partial charge in [0.1, 0.15) is 23.1 Å². The summed E-state index contributed by atoms with van der Waals surface area (Å²) < 4.78 is 200. The Morgan fingerprint density at radius 1 is 0.539 bits per heavy atom. The molecule has 0 aromatic heterocycles. The summed E-state index contributed by atoms with van der Waals surface area (Å²) in [6.07, 6.45) is -18.8. The van der Waals surface area contributed by atoms with Crippen molar-refractivity contribution in [3.8, 4) is 23.0 Å². The quantitative estimate of drug-likeness (QED) is 0.0653. The summed E-state index contributed by atoms with van der Waals surface area (Å²) in [5, 5.41) is 7.00. The zero-order valence-electron chi connectivity index (χ0n) is 42.4. The maximum absolute atomic E-state index is 15.3. The molecule has 0 heterocycles. The predicted octanol–water partition coefficient (Wildman–Crippen LogP) is 13.6. The summed E-state index contributed by atoms with van der Waals surface area (Å²) in [5.74, 6) is -5.45. The van der Waals surface area contributed by atoms with Gasteiger partial charge in [0.2, 0.25) is 0 Å². The van der Waals surface area contributed by atoms with Crippen LogP contribution in [0.15, 0.2) is 133 Å². The lowest BCUT2D eigenvalue weighted by Crippen LogP contribution is -2.50. The number of benzene rings is 6. The molecule has 0 fully saturated rings. The molecule has 6 rings (SSSR count). The largest absolute Gasteiger partial charge is 0.488 e. The number of hydrogen-bond donors (Lipinski definition) is 3. The molecule has 0 spiro atoms. The molecular weight excluding hydrogens is 1040 g/mol. The number of aliphatic hydroxyl groups excluding tert-OH is 1. The first-order valence-corrected chi connectivity index (χ1v) is 24.4. The monoisotopic (exact) mass is 1100 g/mol. The van der Waals surface area contributed by atoms with E-state index in [1.807, 2.05) is 0 Å². The van der Waals surface area contributed by atoms with Gasteiger partial charge in [0.15, 0.2) is 23.1 Å². The van der Waals surface area contributed by atoms with Crippen LogP contribution in [0.1, 0.15) is 81.8 Å².